The summed E-state index contributed by atoms with van der Waals surface area (Å²) in [7, 11) is 0. The molecule has 4 nitrogen and oxygen atoms in total. The van der Waals surface area contributed by atoms with Gasteiger partial charge >= 0.3 is 0 Å². The van der Waals surface area contributed by atoms with Gasteiger partial charge in [0.1, 0.15) is 12.2 Å². The van der Waals surface area contributed by atoms with Crippen LogP contribution in [0.5, 0.6) is 0 Å². The van der Waals surface area contributed by atoms with E-state index >= 15 is 0 Å². The van der Waals surface area contributed by atoms with Gasteiger partial charge in [0.05, 0.1) is 19.3 Å². The Kier molecular flexibility index (Phi) is 9.48. The van der Waals surface area contributed by atoms with Crippen LogP contribution < -0.4 is 5.32 Å². The lowest BCUT2D eigenvalue weighted by Crippen LogP contribution is -2.45. The number of hydrogen-bond donors (Lipinski definition) is 2. The average molecular weight is 418 g/mol. The molecule has 0 amide bonds. The molecular weight excluding hydrogens is 386 g/mol. The molecule has 0 unspecified atom stereocenters. The molecule has 0 radical (unpaired) electrons. The first-order valence-corrected chi connectivity index (χ1v) is 10.6. The van der Waals surface area contributed by atoms with Crippen molar-refractivity contribution in [3.05, 3.63) is 120 Å². The Balaban J connectivity index is 1.68. The van der Waals surface area contributed by atoms with E-state index in [1.165, 1.54) is 11.6 Å². The van der Waals surface area contributed by atoms with E-state index in [0.29, 0.717) is 26.3 Å². The Morgan fingerprint density at radius 3 is 1.74 bits per heavy atom. The number of benzene rings is 3. The molecule has 0 fully saturated rings. The van der Waals surface area contributed by atoms with Crippen LogP contribution in [0.15, 0.2) is 104 Å². The second-order valence-corrected chi connectivity index (χ2v) is 7.44. The average Bonchev–Trinajstić information content (AvgIpc) is 2.84. The summed E-state index contributed by atoms with van der Waals surface area (Å²) < 4.78 is 12.4. The van der Waals surface area contributed by atoms with Crippen LogP contribution in [0.3, 0.4) is 0 Å². The van der Waals surface area contributed by atoms with Crippen molar-refractivity contribution in [2.75, 3.05) is 6.54 Å². The largest absolute Gasteiger partial charge is 0.386 e. The molecule has 31 heavy (non-hydrogen) atoms. The number of hydrogen-bond acceptors (Lipinski definition) is 4. The molecule has 2 N–H and O–H groups in total. The molecule has 0 aliphatic heterocycles. The van der Waals surface area contributed by atoms with E-state index in [1.54, 1.807) is 0 Å². The first kappa shape index (κ1) is 22.9. The zero-order valence-electron chi connectivity index (χ0n) is 17.8. The van der Waals surface area contributed by atoms with Crippen molar-refractivity contribution in [2.24, 2.45) is 0 Å². The van der Waals surface area contributed by atoms with Gasteiger partial charge in [-0.15, -0.1) is 6.58 Å². The van der Waals surface area contributed by atoms with E-state index in [1.807, 2.05) is 78.9 Å². The molecule has 4 heteroatoms. The summed E-state index contributed by atoms with van der Waals surface area (Å²) >= 11 is 0. The van der Waals surface area contributed by atoms with Crippen LogP contribution in [0.4, 0.5) is 0 Å². The lowest BCUT2D eigenvalue weighted by molar-refractivity contribution is -0.119. The van der Waals surface area contributed by atoms with Crippen LogP contribution >= 0.6 is 0 Å². The van der Waals surface area contributed by atoms with Crippen molar-refractivity contribution in [2.45, 2.75) is 38.1 Å². The molecule has 3 atom stereocenters. The molecule has 0 aliphatic rings. The smallest absolute Gasteiger partial charge is 0.115 e. The Labute approximate surface area is 185 Å². The summed E-state index contributed by atoms with van der Waals surface area (Å²) in [4.78, 5) is 0. The normalized spacial score (nSPS) is 14.0. The standard InChI is InChI=1S/C27H31NO3/c1-2-25(29)27(31-21-24-16-10-5-11-17-24)26(30-20-23-14-8-4-9-15-23)19-28-18-22-12-6-3-7-13-22/h2-17,25-29H,1,18-21H2/t25-,26+,27+/m1/s1. The highest BCUT2D eigenvalue weighted by molar-refractivity contribution is 5.15. The Morgan fingerprint density at radius 2 is 1.23 bits per heavy atom. The monoisotopic (exact) mass is 417 g/mol. The third-order valence-corrected chi connectivity index (χ3v) is 5.05. The van der Waals surface area contributed by atoms with E-state index in [9.17, 15) is 5.11 Å². The van der Waals surface area contributed by atoms with Crippen LogP contribution in [-0.2, 0) is 29.2 Å². The SMILES string of the molecule is C=C[C@@H](O)[C@H](OCc1ccccc1)[C@H](CNCc1ccccc1)OCc1ccccc1. The minimum atomic E-state index is -0.844. The minimum Gasteiger partial charge on any atom is -0.386 e. The van der Waals surface area contributed by atoms with E-state index in [2.05, 4.69) is 24.0 Å². The quantitative estimate of drug-likeness (QED) is 0.402. The number of nitrogens with one attached hydrogen (secondary N) is 1. The molecule has 0 aliphatic carbocycles. The van der Waals surface area contributed by atoms with Crippen LogP contribution in [-0.4, -0.2) is 30.0 Å². The maximum absolute atomic E-state index is 10.6. The number of ether oxygens (including phenoxy) is 2. The molecular formula is C27H31NO3. The number of aliphatic hydroxyl groups excluding tert-OH is 1. The van der Waals surface area contributed by atoms with Crippen molar-refractivity contribution in [3.8, 4) is 0 Å². The maximum atomic E-state index is 10.6. The van der Waals surface area contributed by atoms with Gasteiger partial charge in [-0.2, -0.15) is 0 Å². The molecule has 0 heterocycles. The molecule has 0 bridgehead atoms. The van der Waals surface area contributed by atoms with Crippen molar-refractivity contribution in [1.29, 1.82) is 0 Å². The molecule has 3 aromatic carbocycles. The highest BCUT2D eigenvalue weighted by atomic mass is 16.5. The highest BCUT2D eigenvalue weighted by Gasteiger charge is 2.28. The van der Waals surface area contributed by atoms with Crippen LogP contribution in [0.25, 0.3) is 0 Å². The minimum absolute atomic E-state index is 0.361. The van der Waals surface area contributed by atoms with E-state index < -0.39 is 12.2 Å². The first-order chi connectivity index (χ1) is 15.3. The van der Waals surface area contributed by atoms with Gasteiger partial charge in [-0.1, -0.05) is 97.1 Å². The number of rotatable bonds is 13. The van der Waals surface area contributed by atoms with Gasteiger partial charge in [-0.25, -0.2) is 0 Å². The maximum Gasteiger partial charge on any atom is 0.115 e. The fraction of sp³-hybridized carbons (Fsp3) is 0.259. The van der Waals surface area contributed by atoms with Gasteiger partial charge in [0.25, 0.3) is 0 Å². The van der Waals surface area contributed by atoms with Gasteiger partial charge in [0.2, 0.25) is 0 Å². The molecule has 0 aromatic heterocycles. The van der Waals surface area contributed by atoms with Crippen molar-refractivity contribution in [3.63, 3.8) is 0 Å². The summed E-state index contributed by atoms with van der Waals surface area (Å²) in [6, 6.07) is 30.1. The van der Waals surface area contributed by atoms with Gasteiger partial charge in [-0.3, -0.25) is 0 Å². The lowest BCUT2D eigenvalue weighted by atomic mass is 10.1. The predicted molar refractivity (Wildman–Crippen MR) is 124 cm³/mol. The fourth-order valence-electron chi connectivity index (χ4n) is 3.33. The topological polar surface area (TPSA) is 50.7 Å². The third-order valence-electron chi connectivity index (χ3n) is 5.05. The Hall–Kier alpha value is -2.76. The summed E-state index contributed by atoms with van der Waals surface area (Å²) in [6.45, 7) is 5.83. The first-order valence-electron chi connectivity index (χ1n) is 10.6. The highest BCUT2D eigenvalue weighted by Crippen LogP contribution is 2.16. The van der Waals surface area contributed by atoms with E-state index in [-0.39, 0.29) is 6.10 Å². The molecule has 0 saturated heterocycles. The summed E-state index contributed by atoms with van der Waals surface area (Å²) in [6.07, 6.45) is -0.250. The van der Waals surface area contributed by atoms with Crippen LogP contribution in [0, 0.1) is 0 Å². The molecule has 3 rings (SSSR count). The summed E-state index contributed by atoms with van der Waals surface area (Å²) in [5.41, 5.74) is 3.31. The Morgan fingerprint density at radius 1 is 0.742 bits per heavy atom. The van der Waals surface area contributed by atoms with E-state index in [4.69, 9.17) is 9.47 Å². The summed E-state index contributed by atoms with van der Waals surface area (Å²) in [5, 5.41) is 14.1. The number of aliphatic hydroxyl groups is 1. The molecule has 0 spiro atoms. The summed E-state index contributed by atoms with van der Waals surface area (Å²) in [5.74, 6) is 0. The van der Waals surface area contributed by atoms with Crippen LogP contribution in [0.1, 0.15) is 16.7 Å². The molecule has 3 aromatic rings. The van der Waals surface area contributed by atoms with Gasteiger partial charge in [0, 0.05) is 13.1 Å². The molecule has 162 valence electrons. The molecule has 0 saturated carbocycles. The van der Waals surface area contributed by atoms with Gasteiger partial charge < -0.3 is 19.9 Å². The van der Waals surface area contributed by atoms with Gasteiger partial charge in [-0.05, 0) is 16.7 Å². The van der Waals surface area contributed by atoms with Crippen molar-refractivity contribution in [1.82, 2.24) is 5.32 Å². The Bertz CT molecular complexity index is 871. The van der Waals surface area contributed by atoms with Crippen molar-refractivity contribution < 1.29 is 14.6 Å². The van der Waals surface area contributed by atoms with E-state index in [0.717, 1.165) is 11.1 Å². The van der Waals surface area contributed by atoms with Gasteiger partial charge in [0.15, 0.2) is 0 Å². The zero-order chi connectivity index (χ0) is 21.7. The lowest BCUT2D eigenvalue weighted by Gasteiger charge is -2.30. The fourth-order valence-corrected chi connectivity index (χ4v) is 3.33. The predicted octanol–water partition coefficient (Wildman–Crippen LogP) is 4.49. The second-order valence-electron chi connectivity index (χ2n) is 7.44. The zero-order valence-corrected chi connectivity index (χ0v) is 17.8. The van der Waals surface area contributed by atoms with Crippen LogP contribution in [0.2, 0.25) is 0 Å². The van der Waals surface area contributed by atoms with Crippen molar-refractivity contribution >= 4 is 0 Å². The third kappa shape index (κ3) is 7.78. The second kappa shape index (κ2) is 12.8.